The molecule has 2 aromatic carbocycles. The van der Waals surface area contributed by atoms with Crippen LogP contribution in [-0.4, -0.2) is 36.8 Å². The minimum absolute atomic E-state index is 0.0485. The summed E-state index contributed by atoms with van der Waals surface area (Å²) in [6.07, 6.45) is -0.0485. The van der Waals surface area contributed by atoms with E-state index in [1.165, 1.54) is 0 Å². The molecule has 0 radical (unpaired) electrons. The van der Waals surface area contributed by atoms with E-state index >= 15 is 0 Å². The third-order valence-corrected chi connectivity index (χ3v) is 4.58. The fourth-order valence-electron chi connectivity index (χ4n) is 3.26. The Morgan fingerprint density at radius 2 is 1.88 bits per heavy atom. The Morgan fingerprint density at radius 3 is 2.69 bits per heavy atom. The van der Waals surface area contributed by atoms with Crippen molar-refractivity contribution < 1.29 is 9.47 Å². The topological polar surface area (TPSA) is 99.5 Å². The van der Waals surface area contributed by atoms with Crippen molar-refractivity contribution in [1.29, 1.82) is 0 Å². The molecule has 7 heteroatoms. The summed E-state index contributed by atoms with van der Waals surface area (Å²) in [4.78, 5) is 10.4. The second-order valence-electron chi connectivity index (χ2n) is 6.29. The zero-order chi connectivity index (χ0) is 18.1. The van der Waals surface area contributed by atoms with Crippen molar-refractivity contribution in [1.82, 2.24) is 9.97 Å². The van der Waals surface area contributed by atoms with Crippen LogP contribution in [0.15, 0.2) is 42.5 Å². The van der Waals surface area contributed by atoms with Crippen LogP contribution in [0.2, 0.25) is 0 Å². The zero-order valence-corrected chi connectivity index (χ0v) is 14.6. The quantitative estimate of drug-likeness (QED) is 0.747. The van der Waals surface area contributed by atoms with Crippen molar-refractivity contribution in [3.63, 3.8) is 0 Å². The summed E-state index contributed by atoms with van der Waals surface area (Å²) in [5.74, 6) is 2.14. The van der Waals surface area contributed by atoms with Crippen LogP contribution in [0.1, 0.15) is 11.7 Å². The minimum atomic E-state index is -0.0485. The van der Waals surface area contributed by atoms with Crippen LogP contribution in [0, 0.1) is 0 Å². The number of methoxy groups -OCH3 is 1. The van der Waals surface area contributed by atoms with Crippen LogP contribution in [0.3, 0.4) is 0 Å². The zero-order valence-electron chi connectivity index (χ0n) is 14.6. The highest BCUT2D eigenvalue weighted by Gasteiger charge is 2.23. The number of nitrogens with zero attached hydrogens (tertiary/aromatic N) is 3. The Morgan fingerprint density at radius 1 is 1.08 bits per heavy atom. The number of fused-ring (bicyclic) bond motifs is 1. The van der Waals surface area contributed by atoms with Gasteiger partial charge in [-0.2, -0.15) is 9.97 Å². The second-order valence-corrected chi connectivity index (χ2v) is 6.29. The molecule has 1 saturated heterocycles. The maximum absolute atomic E-state index is 6.00. The van der Waals surface area contributed by atoms with Crippen molar-refractivity contribution in [2.45, 2.75) is 6.10 Å². The predicted octanol–water partition coefficient (Wildman–Crippen LogP) is 2.38. The molecule has 0 saturated carbocycles. The highest BCUT2D eigenvalue weighted by molar-refractivity contribution is 5.84. The molecule has 0 spiro atoms. The average molecular weight is 351 g/mol. The lowest BCUT2D eigenvalue weighted by atomic mass is 10.0. The summed E-state index contributed by atoms with van der Waals surface area (Å²) in [5, 5.41) is 2.29. The summed E-state index contributed by atoms with van der Waals surface area (Å²) in [6.45, 7) is 2.02. The van der Waals surface area contributed by atoms with Gasteiger partial charge in [0, 0.05) is 19.2 Å². The van der Waals surface area contributed by atoms with Gasteiger partial charge in [0.15, 0.2) is 0 Å². The smallest absolute Gasteiger partial charge is 0.223 e. The third-order valence-electron chi connectivity index (χ3n) is 4.58. The van der Waals surface area contributed by atoms with E-state index in [9.17, 15) is 0 Å². The summed E-state index contributed by atoms with van der Waals surface area (Å²) in [5.41, 5.74) is 12.7. The number of anilines is 3. The molecule has 2 heterocycles. The fraction of sp³-hybridized carbons (Fsp3) is 0.263. The van der Waals surface area contributed by atoms with E-state index in [4.69, 9.17) is 20.9 Å². The number of ether oxygens (including phenoxy) is 2. The molecule has 1 unspecified atom stereocenters. The predicted molar refractivity (Wildman–Crippen MR) is 102 cm³/mol. The van der Waals surface area contributed by atoms with Gasteiger partial charge in [0.05, 0.1) is 13.7 Å². The summed E-state index contributed by atoms with van der Waals surface area (Å²) in [6, 6.07) is 14.1. The average Bonchev–Trinajstić information content (AvgIpc) is 2.66. The van der Waals surface area contributed by atoms with Gasteiger partial charge in [0.1, 0.15) is 23.5 Å². The van der Waals surface area contributed by atoms with Crippen LogP contribution < -0.4 is 21.1 Å². The van der Waals surface area contributed by atoms with Crippen LogP contribution in [0.4, 0.5) is 17.6 Å². The van der Waals surface area contributed by atoms with Gasteiger partial charge in [-0.05, 0) is 34.5 Å². The number of hydrogen-bond acceptors (Lipinski definition) is 7. The number of benzene rings is 2. The van der Waals surface area contributed by atoms with Crippen LogP contribution in [0.5, 0.6) is 5.75 Å². The number of nitrogens with two attached hydrogens (primary N) is 2. The first-order valence-electron chi connectivity index (χ1n) is 8.46. The number of aromatic nitrogens is 2. The summed E-state index contributed by atoms with van der Waals surface area (Å²) < 4.78 is 11.3. The number of rotatable bonds is 3. The molecule has 0 bridgehead atoms. The van der Waals surface area contributed by atoms with Gasteiger partial charge in [-0.25, -0.2) is 0 Å². The first kappa shape index (κ1) is 16.4. The molecule has 3 aromatic rings. The van der Waals surface area contributed by atoms with Crippen molar-refractivity contribution in [2.24, 2.45) is 0 Å². The monoisotopic (exact) mass is 351 g/mol. The molecule has 134 valence electrons. The van der Waals surface area contributed by atoms with E-state index in [1.54, 1.807) is 13.2 Å². The van der Waals surface area contributed by atoms with Gasteiger partial charge in [0.2, 0.25) is 5.95 Å². The number of nitrogen functional groups attached to an aromatic ring is 2. The molecule has 1 aliphatic rings. The van der Waals surface area contributed by atoms with Crippen molar-refractivity contribution in [3.8, 4) is 5.75 Å². The van der Waals surface area contributed by atoms with Gasteiger partial charge in [-0.3, -0.25) is 0 Å². The Bertz CT molecular complexity index is 926. The molecule has 4 N–H and O–H groups in total. The maximum Gasteiger partial charge on any atom is 0.223 e. The summed E-state index contributed by atoms with van der Waals surface area (Å²) >= 11 is 0. The first-order valence-corrected chi connectivity index (χ1v) is 8.46. The third kappa shape index (κ3) is 3.21. The van der Waals surface area contributed by atoms with E-state index in [-0.39, 0.29) is 12.1 Å². The van der Waals surface area contributed by atoms with Crippen molar-refractivity contribution >= 4 is 28.4 Å². The fourth-order valence-corrected chi connectivity index (χ4v) is 3.26. The van der Waals surface area contributed by atoms with E-state index < -0.39 is 0 Å². The lowest BCUT2D eigenvalue weighted by Gasteiger charge is -2.34. The van der Waals surface area contributed by atoms with E-state index in [2.05, 4.69) is 39.1 Å². The van der Waals surface area contributed by atoms with Gasteiger partial charge in [0.25, 0.3) is 0 Å². The highest BCUT2D eigenvalue weighted by atomic mass is 16.5. The number of morpholine rings is 1. The molecule has 26 heavy (non-hydrogen) atoms. The standard InChI is InChI=1S/C19H21N5O2/c1-25-15-5-4-12-8-14(3-2-13(12)9-15)16-11-24(6-7-26-16)18-10-17(20)22-19(21)23-18/h2-5,8-10,16H,6-7,11H2,1H3,(H4,20,21,22,23). The van der Waals surface area contributed by atoms with E-state index in [1.807, 2.05) is 12.1 Å². The Labute approximate surface area is 151 Å². The highest BCUT2D eigenvalue weighted by Crippen LogP contribution is 2.29. The Balaban J connectivity index is 1.60. The molecule has 1 atom stereocenters. The van der Waals surface area contributed by atoms with Crippen LogP contribution in [-0.2, 0) is 4.74 Å². The lowest BCUT2D eigenvalue weighted by Crippen LogP contribution is -2.39. The van der Waals surface area contributed by atoms with Gasteiger partial charge in [-0.1, -0.05) is 18.2 Å². The second kappa shape index (κ2) is 6.68. The molecule has 7 nitrogen and oxygen atoms in total. The Hall–Kier alpha value is -3.06. The van der Waals surface area contributed by atoms with Crippen LogP contribution >= 0.6 is 0 Å². The summed E-state index contributed by atoms with van der Waals surface area (Å²) in [7, 11) is 1.67. The molecular weight excluding hydrogens is 330 g/mol. The normalized spacial score (nSPS) is 17.4. The largest absolute Gasteiger partial charge is 0.497 e. The minimum Gasteiger partial charge on any atom is -0.497 e. The molecular formula is C19H21N5O2. The molecule has 4 rings (SSSR count). The molecule has 1 fully saturated rings. The number of hydrogen-bond donors (Lipinski definition) is 2. The SMILES string of the molecule is COc1ccc2cc(C3CN(c4cc(N)nc(N)n4)CCO3)ccc2c1. The van der Waals surface area contributed by atoms with Crippen molar-refractivity contribution in [2.75, 3.05) is 43.2 Å². The molecule has 1 aliphatic heterocycles. The van der Waals surface area contributed by atoms with E-state index in [0.717, 1.165) is 34.4 Å². The molecule has 0 amide bonds. The first-order chi connectivity index (χ1) is 12.6. The van der Waals surface area contributed by atoms with Gasteiger partial charge in [-0.15, -0.1) is 0 Å². The van der Waals surface area contributed by atoms with Gasteiger partial charge >= 0.3 is 0 Å². The van der Waals surface area contributed by atoms with Crippen molar-refractivity contribution in [3.05, 3.63) is 48.0 Å². The molecule has 0 aliphatic carbocycles. The van der Waals surface area contributed by atoms with Gasteiger partial charge < -0.3 is 25.8 Å². The Kier molecular flexibility index (Phi) is 4.22. The van der Waals surface area contributed by atoms with E-state index in [0.29, 0.717) is 19.0 Å². The lowest BCUT2D eigenvalue weighted by molar-refractivity contribution is 0.0396. The maximum atomic E-state index is 6.00. The van der Waals surface area contributed by atoms with Crippen LogP contribution in [0.25, 0.3) is 10.8 Å². The molecule has 1 aromatic heterocycles.